The lowest BCUT2D eigenvalue weighted by Crippen LogP contribution is -2.20. The SMILES string of the molecule is C=C(C)CNC(C)c1ccc(Br)cc1. The maximum absolute atomic E-state index is 3.86. The minimum Gasteiger partial charge on any atom is -0.306 e. The van der Waals surface area contributed by atoms with Crippen LogP contribution in [0.4, 0.5) is 0 Å². The van der Waals surface area contributed by atoms with Gasteiger partial charge in [-0.25, -0.2) is 0 Å². The maximum Gasteiger partial charge on any atom is 0.0294 e. The molecular weight excluding hydrogens is 238 g/mol. The van der Waals surface area contributed by atoms with Gasteiger partial charge in [0.25, 0.3) is 0 Å². The molecule has 0 amide bonds. The van der Waals surface area contributed by atoms with Gasteiger partial charge in [0.1, 0.15) is 0 Å². The molecule has 0 saturated carbocycles. The van der Waals surface area contributed by atoms with Gasteiger partial charge in [-0.3, -0.25) is 0 Å². The predicted molar refractivity (Wildman–Crippen MR) is 65.4 cm³/mol. The van der Waals surface area contributed by atoms with Gasteiger partial charge in [0.05, 0.1) is 0 Å². The van der Waals surface area contributed by atoms with Gasteiger partial charge in [0, 0.05) is 17.1 Å². The third-order valence-electron chi connectivity index (χ3n) is 2.08. The Morgan fingerprint density at radius 1 is 1.43 bits per heavy atom. The quantitative estimate of drug-likeness (QED) is 0.808. The summed E-state index contributed by atoms with van der Waals surface area (Å²) in [6.07, 6.45) is 0. The summed E-state index contributed by atoms with van der Waals surface area (Å²) in [6, 6.07) is 8.75. The van der Waals surface area contributed by atoms with E-state index in [4.69, 9.17) is 0 Å². The van der Waals surface area contributed by atoms with Crippen LogP contribution in [0.2, 0.25) is 0 Å². The molecule has 0 saturated heterocycles. The molecule has 1 nitrogen and oxygen atoms in total. The van der Waals surface area contributed by atoms with Crippen molar-refractivity contribution in [1.29, 1.82) is 0 Å². The molecule has 2 heteroatoms. The van der Waals surface area contributed by atoms with E-state index in [0.717, 1.165) is 16.6 Å². The molecule has 76 valence electrons. The molecule has 1 aromatic rings. The number of halogens is 1. The van der Waals surface area contributed by atoms with Crippen molar-refractivity contribution in [2.24, 2.45) is 0 Å². The number of rotatable bonds is 4. The van der Waals surface area contributed by atoms with Crippen LogP contribution in [0, 0.1) is 0 Å². The van der Waals surface area contributed by atoms with Crippen LogP contribution in [0.15, 0.2) is 40.9 Å². The maximum atomic E-state index is 3.86. The third-order valence-corrected chi connectivity index (χ3v) is 2.61. The standard InChI is InChI=1S/C12H16BrN/c1-9(2)8-14-10(3)11-4-6-12(13)7-5-11/h4-7,10,14H,1,8H2,2-3H3. The van der Waals surface area contributed by atoms with E-state index in [1.165, 1.54) is 5.56 Å². The fourth-order valence-corrected chi connectivity index (χ4v) is 1.46. The Morgan fingerprint density at radius 3 is 2.50 bits per heavy atom. The smallest absolute Gasteiger partial charge is 0.0294 e. The molecule has 0 radical (unpaired) electrons. The second-order valence-electron chi connectivity index (χ2n) is 3.61. The number of hydrogen-bond donors (Lipinski definition) is 1. The van der Waals surface area contributed by atoms with Gasteiger partial charge in [-0.2, -0.15) is 0 Å². The Balaban J connectivity index is 2.56. The van der Waals surface area contributed by atoms with E-state index in [-0.39, 0.29) is 0 Å². The van der Waals surface area contributed by atoms with Crippen molar-refractivity contribution in [3.8, 4) is 0 Å². The summed E-state index contributed by atoms with van der Waals surface area (Å²) in [5.41, 5.74) is 2.46. The average Bonchev–Trinajstić information content (AvgIpc) is 2.15. The molecule has 1 aromatic carbocycles. The molecule has 0 aliphatic heterocycles. The zero-order valence-corrected chi connectivity index (χ0v) is 10.3. The summed E-state index contributed by atoms with van der Waals surface area (Å²) in [5, 5.41) is 3.40. The van der Waals surface area contributed by atoms with E-state index < -0.39 is 0 Å². The molecule has 0 aromatic heterocycles. The van der Waals surface area contributed by atoms with E-state index in [9.17, 15) is 0 Å². The van der Waals surface area contributed by atoms with Crippen LogP contribution < -0.4 is 5.32 Å². The van der Waals surface area contributed by atoms with Crippen LogP contribution >= 0.6 is 15.9 Å². The van der Waals surface area contributed by atoms with Crippen LogP contribution in [0.3, 0.4) is 0 Å². The average molecular weight is 254 g/mol. The Labute approximate surface area is 94.3 Å². The van der Waals surface area contributed by atoms with Gasteiger partial charge < -0.3 is 5.32 Å². The minimum absolute atomic E-state index is 0.375. The van der Waals surface area contributed by atoms with Gasteiger partial charge in [-0.15, -0.1) is 0 Å². The van der Waals surface area contributed by atoms with Crippen LogP contribution in [-0.4, -0.2) is 6.54 Å². The van der Waals surface area contributed by atoms with E-state index in [1.807, 2.05) is 6.92 Å². The highest BCUT2D eigenvalue weighted by molar-refractivity contribution is 9.10. The monoisotopic (exact) mass is 253 g/mol. The highest BCUT2D eigenvalue weighted by Gasteiger charge is 2.03. The second-order valence-corrected chi connectivity index (χ2v) is 4.53. The lowest BCUT2D eigenvalue weighted by atomic mass is 10.1. The molecule has 0 fully saturated rings. The summed E-state index contributed by atoms with van der Waals surface area (Å²) < 4.78 is 1.12. The van der Waals surface area contributed by atoms with Crippen molar-refractivity contribution in [1.82, 2.24) is 5.32 Å². The normalized spacial score (nSPS) is 12.5. The summed E-state index contributed by atoms with van der Waals surface area (Å²) in [5.74, 6) is 0. The van der Waals surface area contributed by atoms with Crippen molar-refractivity contribution < 1.29 is 0 Å². The lowest BCUT2D eigenvalue weighted by molar-refractivity contribution is 0.607. The van der Waals surface area contributed by atoms with E-state index >= 15 is 0 Å². The summed E-state index contributed by atoms with van der Waals surface area (Å²) in [6.45, 7) is 8.93. The fraction of sp³-hybridized carbons (Fsp3) is 0.333. The highest BCUT2D eigenvalue weighted by Crippen LogP contribution is 2.16. The predicted octanol–water partition coefficient (Wildman–Crippen LogP) is 3.68. The van der Waals surface area contributed by atoms with Crippen molar-refractivity contribution in [2.45, 2.75) is 19.9 Å². The van der Waals surface area contributed by atoms with Crippen LogP contribution in [0.5, 0.6) is 0 Å². The van der Waals surface area contributed by atoms with E-state index in [0.29, 0.717) is 6.04 Å². The fourth-order valence-electron chi connectivity index (χ4n) is 1.20. The molecule has 0 heterocycles. The minimum atomic E-state index is 0.375. The first-order valence-corrected chi connectivity index (χ1v) is 5.52. The molecule has 0 aliphatic carbocycles. The van der Waals surface area contributed by atoms with E-state index in [1.54, 1.807) is 0 Å². The van der Waals surface area contributed by atoms with Gasteiger partial charge in [0.2, 0.25) is 0 Å². The largest absolute Gasteiger partial charge is 0.306 e. The number of benzene rings is 1. The summed E-state index contributed by atoms with van der Waals surface area (Å²) >= 11 is 3.42. The van der Waals surface area contributed by atoms with Crippen LogP contribution in [-0.2, 0) is 0 Å². The molecule has 0 bridgehead atoms. The molecule has 0 aliphatic rings. The zero-order valence-electron chi connectivity index (χ0n) is 8.68. The first-order chi connectivity index (χ1) is 6.59. The van der Waals surface area contributed by atoms with Crippen LogP contribution in [0.1, 0.15) is 25.5 Å². The number of hydrogen-bond acceptors (Lipinski definition) is 1. The molecule has 1 atom stereocenters. The van der Waals surface area contributed by atoms with Crippen molar-refractivity contribution in [3.05, 3.63) is 46.5 Å². The van der Waals surface area contributed by atoms with Gasteiger partial charge in [-0.05, 0) is 31.5 Å². The molecule has 14 heavy (non-hydrogen) atoms. The molecule has 1 N–H and O–H groups in total. The zero-order chi connectivity index (χ0) is 10.6. The van der Waals surface area contributed by atoms with Gasteiger partial charge in [0.15, 0.2) is 0 Å². The van der Waals surface area contributed by atoms with Crippen LogP contribution in [0.25, 0.3) is 0 Å². The highest BCUT2D eigenvalue weighted by atomic mass is 79.9. The lowest BCUT2D eigenvalue weighted by Gasteiger charge is -2.14. The topological polar surface area (TPSA) is 12.0 Å². The number of nitrogens with one attached hydrogen (secondary N) is 1. The third kappa shape index (κ3) is 3.64. The van der Waals surface area contributed by atoms with Crippen molar-refractivity contribution in [3.63, 3.8) is 0 Å². The van der Waals surface area contributed by atoms with Crippen molar-refractivity contribution in [2.75, 3.05) is 6.54 Å². The summed E-state index contributed by atoms with van der Waals surface area (Å²) in [7, 11) is 0. The Hall–Kier alpha value is -0.600. The van der Waals surface area contributed by atoms with Crippen molar-refractivity contribution >= 4 is 15.9 Å². The Morgan fingerprint density at radius 2 is 2.00 bits per heavy atom. The summed E-state index contributed by atoms with van der Waals surface area (Å²) in [4.78, 5) is 0. The molecule has 1 rings (SSSR count). The van der Waals surface area contributed by atoms with Gasteiger partial charge >= 0.3 is 0 Å². The van der Waals surface area contributed by atoms with Gasteiger partial charge in [-0.1, -0.05) is 40.2 Å². The molecule has 1 unspecified atom stereocenters. The first kappa shape index (κ1) is 11.5. The first-order valence-electron chi connectivity index (χ1n) is 4.73. The Kier molecular flexibility index (Phi) is 4.36. The second kappa shape index (κ2) is 5.32. The molecular formula is C12H16BrN. The Bertz CT molecular complexity index is 303. The molecule has 0 spiro atoms. The van der Waals surface area contributed by atoms with E-state index in [2.05, 4.69) is 59.0 Å².